The lowest BCUT2D eigenvalue weighted by atomic mass is 9.94. The summed E-state index contributed by atoms with van der Waals surface area (Å²) in [5.74, 6) is -0.382. The van der Waals surface area contributed by atoms with E-state index in [0.717, 1.165) is 4.57 Å². The predicted molar refractivity (Wildman–Crippen MR) is 164 cm³/mol. The third kappa shape index (κ3) is 5.91. The predicted octanol–water partition coefficient (Wildman–Crippen LogP) is 4.47. The van der Waals surface area contributed by atoms with Crippen LogP contribution in [0.25, 0.3) is 15.2 Å². The fourth-order valence-electron chi connectivity index (χ4n) is 5.55. The number of carbonyl (C=O) groups is 1. The molecule has 0 bridgehead atoms. The molecule has 0 saturated carbocycles. The fraction of sp³-hybridized carbons (Fsp3) is 0.452. The number of aromatic nitrogens is 5. The highest BCUT2D eigenvalue weighted by molar-refractivity contribution is 7.21. The SMILES string of the molecule is C=CCCC(=O)C(C)(C)n1c(=O)c2c(C)c(-n3nccn3)sc2n(C[C@H](OC2CCOCC2)c2cc(F)ccc2OC)c1=O. The van der Waals surface area contributed by atoms with Crippen LogP contribution in [0.3, 0.4) is 0 Å². The number of rotatable bonds is 12. The lowest BCUT2D eigenvalue weighted by molar-refractivity contribution is -0.126. The van der Waals surface area contributed by atoms with Gasteiger partial charge < -0.3 is 14.2 Å². The van der Waals surface area contributed by atoms with E-state index in [2.05, 4.69) is 16.8 Å². The molecule has 13 heteroatoms. The number of nitrogens with zero attached hydrogens (tertiary/aromatic N) is 5. The monoisotopic (exact) mass is 625 g/mol. The summed E-state index contributed by atoms with van der Waals surface area (Å²) in [6.45, 7) is 9.52. The van der Waals surface area contributed by atoms with Crippen LogP contribution in [-0.4, -0.2) is 56.3 Å². The van der Waals surface area contributed by atoms with Gasteiger partial charge in [-0.2, -0.15) is 10.2 Å². The molecule has 0 radical (unpaired) electrons. The topological polar surface area (TPSA) is 119 Å². The molecule has 0 unspecified atom stereocenters. The Hall–Kier alpha value is -3.94. The largest absolute Gasteiger partial charge is 0.496 e. The van der Waals surface area contributed by atoms with Crippen LogP contribution in [0.15, 0.2) is 52.8 Å². The molecule has 1 aliphatic heterocycles. The number of carbonyl (C=O) groups excluding carboxylic acids is 1. The van der Waals surface area contributed by atoms with Crippen molar-refractivity contribution in [3.63, 3.8) is 0 Å². The number of ketones is 1. The van der Waals surface area contributed by atoms with Crippen LogP contribution in [0.1, 0.15) is 56.8 Å². The Kier molecular flexibility index (Phi) is 9.28. The van der Waals surface area contributed by atoms with Crippen LogP contribution in [0.2, 0.25) is 0 Å². The fourth-order valence-corrected chi connectivity index (χ4v) is 6.77. The standard InChI is InChI=1S/C31H36FN5O6S/c1-6-7-8-25(38)31(3,4)36-27(39)26-19(2)28(37-33-13-14-34-37)44-29(26)35(30(36)40)18-24(43-21-11-15-42-16-12-21)22-17-20(32)9-10-23(22)41-5/h6,9-10,13-14,17,21,24H,1,7-8,11-12,15-16,18H2,2-5H3/t24-/m0/s1. The molecule has 1 atom stereocenters. The number of thiophene rings is 1. The van der Waals surface area contributed by atoms with E-state index < -0.39 is 28.7 Å². The van der Waals surface area contributed by atoms with E-state index in [4.69, 9.17) is 14.2 Å². The summed E-state index contributed by atoms with van der Waals surface area (Å²) < 4.78 is 34.8. The molecule has 1 aromatic carbocycles. The van der Waals surface area contributed by atoms with Crippen molar-refractivity contribution in [2.75, 3.05) is 20.3 Å². The van der Waals surface area contributed by atoms with E-state index in [1.165, 1.54) is 58.4 Å². The number of hydrogen-bond acceptors (Lipinski definition) is 9. The average Bonchev–Trinajstić information content (AvgIpc) is 3.66. The maximum Gasteiger partial charge on any atom is 0.333 e. The minimum Gasteiger partial charge on any atom is -0.496 e. The highest BCUT2D eigenvalue weighted by Crippen LogP contribution is 2.35. The number of methoxy groups -OCH3 is 1. The number of hydrogen-bond donors (Lipinski definition) is 0. The van der Waals surface area contributed by atoms with E-state index in [-0.39, 0.29) is 30.2 Å². The van der Waals surface area contributed by atoms with Crippen molar-refractivity contribution in [2.45, 2.75) is 70.7 Å². The number of halogens is 1. The lowest BCUT2D eigenvalue weighted by Crippen LogP contribution is -2.52. The summed E-state index contributed by atoms with van der Waals surface area (Å²) in [4.78, 5) is 43.8. The van der Waals surface area contributed by atoms with Crippen molar-refractivity contribution in [2.24, 2.45) is 0 Å². The third-order valence-electron chi connectivity index (χ3n) is 8.02. The Labute approximate surface area is 257 Å². The Morgan fingerprint density at radius 1 is 1.25 bits per heavy atom. The summed E-state index contributed by atoms with van der Waals surface area (Å²) in [6, 6.07) is 4.15. The maximum atomic E-state index is 14.7. The Balaban J connectivity index is 1.76. The molecular weight excluding hydrogens is 589 g/mol. The third-order valence-corrected chi connectivity index (χ3v) is 9.30. The van der Waals surface area contributed by atoms with Crippen molar-refractivity contribution in [3.8, 4) is 10.8 Å². The second-order valence-corrected chi connectivity index (χ2v) is 12.2. The van der Waals surface area contributed by atoms with Crippen molar-refractivity contribution in [1.82, 2.24) is 24.1 Å². The number of Topliss-reactive ketones (excluding diaryl/α,β-unsaturated/α-hetero) is 1. The minimum atomic E-state index is -1.47. The molecule has 3 aromatic heterocycles. The summed E-state index contributed by atoms with van der Waals surface area (Å²) in [6.07, 6.45) is 5.35. The Morgan fingerprint density at radius 2 is 1.95 bits per heavy atom. The molecule has 0 N–H and O–H groups in total. The van der Waals surface area contributed by atoms with Gasteiger partial charge in [-0.25, -0.2) is 13.8 Å². The van der Waals surface area contributed by atoms with Gasteiger partial charge in [0.2, 0.25) is 0 Å². The molecule has 11 nitrogen and oxygen atoms in total. The first-order valence-electron chi connectivity index (χ1n) is 14.4. The van der Waals surface area contributed by atoms with Crippen LogP contribution >= 0.6 is 11.3 Å². The second-order valence-electron chi connectivity index (χ2n) is 11.2. The number of benzene rings is 1. The summed E-state index contributed by atoms with van der Waals surface area (Å²) in [5, 5.41) is 9.29. The van der Waals surface area contributed by atoms with Gasteiger partial charge in [0.05, 0.1) is 37.5 Å². The molecule has 1 aliphatic rings. The average molecular weight is 626 g/mol. The lowest BCUT2D eigenvalue weighted by Gasteiger charge is -2.30. The molecule has 0 aliphatic carbocycles. The molecule has 1 saturated heterocycles. The molecule has 0 amide bonds. The minimum absolute atomic E-state index is 0.0877. The molecule has 4 aromatic rings. The van der Waals surface area contributed by atoms with E-state index >= 15 is 0 Å². The summed E-state index contributed by atoms with van der Waals surface area (Å²) >= 11 is 1.18. The highest BCUT2D eigenvalue weighted by Gasteiger charge is 2.36. The second kappa shape index (κ2) is 13.0. The first-order chi connectivity index (χ1) is 21.1. The molecule has 0 spiro atoms. The molecule has 5 rings (SSSR count). The van der Waals surface area contributed by atoms with Gasteiger partial charge in [0, 0.05) is 30.8 Å². The Morgan fingerprint density at radius 3 is 2.61 bits per heavy atom. The van der Waals surface area contributed by atoms with Crippen molar-refractivity contribution < 1.29 is 23.4 Å². The number of aryl methyl sites for hydroxylation is 1. The molecule has 44 heavy (non-hydrogen) atoms. The first kappa shape index (κ1) is 31.5. The molecule has 234 valence electrons. The van der Waals surface area contributed by atoms with Gasteiger partial charge in [-0.05, 0) is 58.2 Å². The van der Waals surface area contributed by atoms with Crippen molar-refractivity contribution in [3.05, 3.63) is 81.0 Å². The van der Waals surface area contributed by atoms with Crippen LogP contribution in [0, 0.1) is 12.7 Å². The summed E-state index contributed by atoms with van der Waals surface area (Å²) in [5.41, 5.74) is -1.76. The van der Waals surface area contributed by atoms with Crippen LogP contribution in [-0.2, 0) is 26.4 Å². The first-order valence-corrected chi connectivity index (χ1v) is 15.3. The van der Waals surface area contributed by atoms with E-state index in [1.807, 2.05) is 0 Å². The van der Waals surface area contributed by atoms with Gasteiger partial charge in [-0.3, -0.25) is 14.2 Å². The van der Waals surface area contributed by atoms with Gasteiger partial charge >= 0.3 is 5.69 Å². The van der Waals surface area contributed by atoms with Crippen LogP contribution < -0.4 is 16.0 Å². The number of ether oxygens (including phenoxy) is 3. The van der Waals surface area contributed by atoms with E-state index in [0.29, 0.717) is 59.2 Å². The van der Waals surface area contributed by atoms with Gasteiger partial charge in [-0.1, -0.05) is 17.4 Å². The van der Waals surface area contributed by atoms with Gasteiger partial charge in [-0.15, -0.1) is 11.4 Å². The van der Waals surface area contributed by atoms with Gasteiger partial charge in [0.25, 0.3) is 5.56 Å². The zero-order chi connectivity index (χ0) is 31.6. The zero-order valence-corrected chi connectivity index (χ0v) is 26.1. The van der Waals surface area contributed by atoms with E-state index in [1.54, 1.807) is 26.8 Å². The zero-order valence-electron chi connectivity index (χ0n) is 25.2. The highest BCUT2D eigenvalue weighted by atomic mass is 32.1. The normalized spacial score (nSPS) is 15.0. The number of fused-ring (bicyclic) bond motifs is 1. The number of allylic oxidation sites excluding steroid dienone is 1. The smallest absolute Gasteiger partial charge is 0.333 e. The van der Waals surface area contributed by atoms with Crippen LogP contribution in [0.4, 0.5) is 4.39 Å². The quantitative estimate of drug-likeness (QED) is 0.212. The van der Waals surface area contributed by atoms with E-state index in [9.17, 15) is 18.8 Å². The maximum absolute atomic E-state index is 14.7. The molecule has 4 heterocycles. The van der Waals surface area contributed by atoms with Crippen molar-refractivity contribution >= 4 is 27.3 Å². The summed E-state index contributed by atoms with van der Waals surface area (Å²) in [7, 11) is 1.48. The van der Waals surface area contributed by atoms with Gasteiger partial charge in [0.1, 0.15) is 33.0 Å². The Bertz CT molecular complexity index is 1790. The van der Waals surface area contributed by atoms with Crippen molar-refractivity contribution in [1.29, 1.82) is 0 Å². The molecular formula is C31H36FN5O6S. The van der Waals surface area contributed by atoms with Crippen LogP contribution in [0.5, 0.6) is 5.75 Å². The van der Waals surface area contributed by atoms with Gasteiger partial charge in [0.15, 0.2) is 5.78 Å². The molecule has 1 fully saturated rings.